The van der Waals surface area contributed by atoms with Crippen molar-refractivity contribution < 1.29 is 37.9 Å². The fourth-order valence-electron chi connectivity index (χ4n) is 1.64. The summed E-state index contributed by atoms with van der Waals surface area (Å²) in [6.45, 7) is -1.53. The Morgan fingerprint density at radius 3 is 2.05 bits per heavy atom. The smallest absolute Gasteiger partial charge is 0.317 e. The SMILES string of the molecule is O=C(O)CN(CC(=O)O)Cc1cc(S(=O)(=O)O)ccc1O. The first kappa shape index (κ1) is 16.9. The Balaban J connectivity index is 3.07. The van der Waals surface area contributed by atoms with Gasteiger partial charge in [-0.3, -0.25) is 19.0 Å². The Hall–Kier alpha value is -2.17. The number of benzene rings is 1. The molecule has 0 radical (unpaired) electrons. The van der Waals surface area contributed by atoms with Gasteiger partial charge in [-0.15, -0.1) is 0 Å². The van der Waals surface area contributed by atoms with Gasteiger partial charge in [-0.05, 0) is 18.2 Å². The van der Waals surface area contributed by atoms with Crippen LogP contribution in [-0.4, -0.2) is 58.2 Å². The van der Waals surface area contributed by atoms with Gasteiger partial charge in [0, 0.05) is 12.1 Å². The lowest BCUT2D eigenvalue weighted by molar-refractivity contribution is -0.142. The number of hydrogen-bond donors (Lipinski definition) is 4. The minimum absolute atomic E-state index is 0.0207. The van der Waals surface area contributed by atoms with Crippen molar-refractivity contribution in [3.8, 4) is 5.75 Å². The molecule has 1 aromatic rings. The van der Waals surface area contributed by atoms with Crippen molar-refractivity contribution in [3.05, 3.63) is 23.8 Å². The number of nitrogens with zero attached hydrogens (tertiary/aromatic N) is 1. The van der Waals surface area contributed by atoms with Crippen LogP contribution in [0.15, 0.2) is 23.1 Å². The number of aliphatic carboxylic acids is 2. The van der Waals surface area contributed by atoms with E-state index in [9.17, 15) is 23.1 Å². The Labute approximate surface area is 119 Å². The summed E-state index contributed by atoms with van der Waals surface area (Å²) in [6.07, 6.45) is 0. The average molecular weight is 319 g/mol. The molecule has 0 fully saturated rings. The van der Waals surface area contributed by atoms with E-state index in [1.54, 1.807) is 0 Å². The molecule has 0 aromatic heterocycles. The molecule has 0 saturated heterocycles. The fraction of sp³-hybridized carbons (Fsp3) is 0.273. The first-order valence-corrected chi connectivity index (χ1v) is 6.99. The molecule has 0 spiro atoms. The summed E-state index contributed by atoms with van der Waals surface area (Å²) < 4.78 is 30.9. The van der Waals surface area contributed by atoms with Crippen LogP contribution in [0.3, 0.4) is 0 Å². The third kappa shape index (κ3) is 5.38. The lowest BCUT2D eigenvalue weighted by Crippen LogP contribution is -2.34. The monoisotopic (exact) mass is 319 g/mol. The zero-order valence-corrected chi connectivity index (χ0v) is 11.4. The van der Waals surface area contributed by atoms with Gasteiger partial charge in [0.05, 0.1) is 18.0 Å². The molecule has 4 N–H and O–H groups in total. The summed E-state index contributed by atoms with van der Waals surface area (Å²) >= 11 is 0. The molecule has 0 amide bonds. The Morgan fingerprint density at radius 2 is 1.62 bits per heavy atom. The largest absolute Gasteiger partial charge is 0.508 e. The fourth-order valence-corrected chi connectivity index (χ4v) is 2.17. The van der Waals surface area contributed by atoms with E-state index in [1.165, 1.54) is 0 Å². The zero-order valence-electron chi connectivity index (χ0n) is 10.6. The quantitative estimate of drug-likeness (QED) is 0.492. The van der Waals surface area contributed by atoms with Crippen LogP contribution in [0.4, 0.5) is 0 Å². The maximum absolute atomic E-state index is 11.0. The van der Waals surface area contributed by atoms with Crippen LogP contribution in [0.2, 0.25) is 0 Å². The minimum Gasteiger partial charge on any atom is -0.508 e. The summed E-state index contributed by atoms with van der Waals surface area (Å²) in [5.41, 5.74) is -0.0207. The molecule has 0 heterocycles. The van der Waals surface area contributed by atoms with Crippen molar-refractivity contribution in [2.24, 2.45) is 0 Å². The molecule has 9 nitrogen and oxygen atoms in total. The molecule has 0 saturated carbocycles. The maximum Gasteiger partial charge on any atom is 0.317 e. The third-order valence-corrected chi connectivity index (χ3v) is 3.31. The standard InChI is InChI=1S/C11H13NO8S/c13-9-2-1-8(21(18,19)20)3-7(9)4-12(5-10(14)15)6-11(16)17/h1-3,13H,4-6H2,(H,14,15)(H,16,17)(H,18,19,20). The van der Waals surface area contributed by atoms with Crippen molar-refractivity contribution in [3.63, 3.8) is 0 Å². The predicted octanol–water partition coefficient (Wildman–Crippen LogP) is -0.390. The topological polar surface area (TPSA) is 152 Å². The molecule has 10 heteroatoms. The second kappa shape index (κ2) is 6.52. The average Bonchev–Trinajstić information content (AvgIpc) is 2.28. The lowest BCUT2D eigenvalue weighted by Gasteiger charge is -2.18. The van der Waals surface area contributed by atoms with E-state index >= 15 is 0 Å². The van der Waals surface area contributed by atoms with Gasteiger partial charge in [-0.25, -0.2) is 0 Å². The van der Waals surface area contributed by atoms with Gasteiger partial charge >= 0.3 is 11.9 Å². The van der Waals surface area contributed by atoms with Crippen LogP contribution >= 0.6 is 0 Å². The van der Waals surface area contributed by atoms with Gasteiger partial charge in [-0.2, -0.15) is 8.42 Å². The van der Waals surface area contributed by atoms with Gasteiger partial charge in [0.2, 0.25) is 0 Å². The number of phenolic OH excluding ortho intramolecular Hbond substituents is 1. The first-order chi connectivity index (χ1) is 9.59. The molecule has 21 heavy (non-hydrogen) atoms. The van der Waals surface area contributed by atoms with Crippen molar-refractivity contribution in [1.82, 2.24) is 4.90 Å². The van der Waals surface area contributed by atoms with E-state index in [-0.39, 0.29) is 17.9 Å². The molecule has 0 aliphatic carbocycles. The molecule has 1 rings (SSSR count). The second-order valence-electron chi connectivity index (χ2n) is 4.20. The van der Waals surface area contributed by atoms with Crippen LogP contribution < -0.4 is 0 Å². The van der Waals surface area contributed by atoms with Crippen molar-refractivity contribution in [2.45, 2.75) is 11.4 Å². The highest BCUT2D eigenvalue weighted by Gasteiger charge is 2.18. The van der Waals surface area contributed by atoms with E-state index in [1.807, 2.05) is 0 Å². The van der Waals surface area contributed by atoms with Crippen LogP contribution in [0.5, 0.6) is 5.75 Å². The molecule has 1 aromatic carbocycles. The molecule has 0 unspecified atom stereocenters. The van der Waals surface area contributed by atoms with E-state index < -0.39 is 40.0 Å². The van der Waals surface area contributed by atoms with E-state index in [0.717, 1.165) is 23.1 Å². The normalized spacial score (nSPS) is 11.5. The minimum atomic E-state index is -4.49. The first-order valence-electron chi connectivity index (χ1n) is 5.55. The summed E-state index contributed by atoms with van der Waals surface area (Å²) in [4.78, 5) is 21.8. The highest BCUT2D eigenvalue weighted by atomic mass is 32.2. The van der Waals surface area contributed by atoms with Crippen molar-refractivity contribution in [1.29, 1.82) is 0 Å². The van der Waals surface area contributed by atoms with E-state index in [4.69, 9.17) is 14.8 Å². The van der Waals surface area contributed by atoms with Crippen molar-refractivity contribution >= 4 is 22.1 Å². The van der Waals surface area contributed by atoms with Crippen LogP contribution in [0, 0.1) is 0 Å². The number of hydrogen-bond acceptors (Lipinski definition) is 6. The predicted molar refractivity (Wildman–Crippen MR) is 68.5 cm³/mol. The second-order valence-corrected chi connectivity index (χ2v) is 5.62. The number of carbonyl (C=O) groups is 2. The Morgan fingerprint density at radius 1 is 1.10 bits per heavy atom. The summed E-state index contributed by atoms with van der Waals surface area (Å²) in [6, 6.07) is 2.92. The molecule has 116 valence electrons. The van der Waals surface area contributed by atoms with Gasteiger partial charge in [0.1, 0.15) is 5.75 Å². The Kier molecular flexibility index (Phi) is 5.24. The molecule has 0 aliphatic heterocycles. The highest BCUT2D eigenvalue weighted by Crippen LogP contribution is 2.22. The number of phenols is 1. The summed E-state index contributed by atoms with van der Waals surface area (Å²) in [5, 5.41) is 27.0. The molecular weight excluding hydrogens is 306 g/mol. The van der Waals surface area contributed by atoms with Crippen LogP contribution in [-0.2, 0) is 26.3 Å². The third-order valence-electron chi connectivity index (χ3n) is 2.46. The van der Waals surface area contributed by atoms with Crippen molar-refractivity contribution in [2.75, 3.05) is 13.1 Å². The molecular formula is C11H13NO8S. The van der Waals surface area contributed by atoms with Gasteiger partial charge in [-0.1, -0.05) is 0 Å². The van der Waals surface area contributed by atoms with Gasteiger partial charge in [0.25, 0.3) is 10.1 Å². The summed E-state index contributed by atoms with van der Waals surface area (Å²) in [7, 11) is -4.49. The Bertz CT molecular complexity index is 638. The van der Waals surface area contributed by atoms with Crippen LogP contribution in [0.25, 0.3) is 0 Å². The molecule has 0 atom stereocenters. The lowest BCUT2D eigenvalue weighted by atomic mass is 10.2. The maximum atomic E-state index is 11.0. The van der Waals surface area contributed by atoms with Crippen LogP contribution in [0.1, 0.15) is 5.56 Å². The zero-order chi connectivity index (χ0) is 16.2. The number of carboxylic acids is 2. The van der Waals surface area contributed by atoms with Gasteiger partial charge < -0.3 is 15.3 Å². The number of rotatable bonds is 7. The van der Waals surface area contributed by atoms with E-state index in [0.29, 0.717) is 0 Å². The van der Waals surface area contributed by atoms with Gasteiger partial charge in [0.15, 0.2) is 0 Å². The van der Waals surface area contributed by atoms with E-state index in [2.05, 4.69) is 0 Å². The molecule has 0 aliphatic rings. The number of carboxylic acid groups (broad SMARTS) is 2. The number of aromatic hydroxyl groups is 1. The summed E-state index contributed by atoms with van der Waals surface area (Å²) in [5.74, 6) is -2.90. The molecule has 0 bridgehead atoms. The highest BCUT2D eigenvalue weighted by molar-refractivity contribution is 7.85.